The van der Waals surface area contributed by atoms with Crippen molar-refractivity contribution in [2.24, 2.45) is 5.16 Å². The van der Waals surface area contributed by atoms with Crippen molar-refractivity contribution in [2.75, 3.05) is 6.61 Å². The highest BCUT2D eigenvalue weighted by Gasteiger charge is 2.47. The zero-order valence-corrected chi connectivity index (χ0v) is 13.7. The summed E-state index contributed by atoms with van der Waals surface area (Å²) in [6.07, 6.45) is 0. The maximum atomic E-state index is 12.8. The molecule has 0 fully saturated rings. The standard InChI is InChI=1S/C19H21NO3/c1-5-22-18(21)19(23-20-4,16-10-6-14(2)7-11-16)17-12-8-15(3)9-13-17/h6-13H,4-5H2,1-3H3. The van der Waals surface area contributed by atoms with E-state index in [1.807, 2.05) is 62.4 Å². The molecule has 2 aromatic rings. The first kappa shape index (κ1) is 16.7. The number of rotatable bonds is 6. The molecule has 0 N–H and O–H groups in total. The Morgan fingerprint density at radius 3 is 1.78 bits per heavy atom. The Kier molecular flexibility index (Phi) is 5.16. The predicted molar refractivity (Wildman–Crippen MR) is 90.4 cm³/mol. The monoisotopic (exact) mass is 311 g/mol. The molecule has 0 aliphatic rings. The Morgan fingerprint density at radius 2 is 1.43 bits per heavy atom. The Balaban J connectivity index is 2.68. The van der Waals surface area contributed by atoms with E-state index in [0.717, 1.165) is 11.1 Å². The lowest BCUT2D eigenvalue weighted by molar-refractivity contribution is -0.168. The number of hydrogen-bond acceptors (Lipinski definition) is 4. The van der Waals surface area contributed by atoms with Crippen LogP contribution in [-0.4, -0.2) is 19.3 Å². The van der Waals surface area contributed by atoms with Gasteiger partial charge in [-0.1, -0.05) is 59.7 Å². The van der Waals surface area contributed by atoms with E-state index in [9.17, 15) is 4.79 Å². The average molecular weight is 311 g/mol. The molecule has 0 aliphatic carbocycles. The van der Waals surface area contributed by atoms with E-state index in [-0.39, 0.29) is 6.61 Å². The molecule has 4 nitrogen and oxygen atoms in total. The molecule has 0 saturated heterocycles. The van der Waals surface area contributed by atoms with Crippen molar-refractivity contribution < 1.29 is 14.4 Å². The van der Waals surface area contributed by atoms with Gasteiger partial charge in [0.05, 0.1) is 6.61 Å². The van der Waals surface area contributed by atoms with Gasteiger partial charge in [0.25, 0.3) is 5.60 Å². The van der Waals surface area contributed by atoms with Gasteiger partial charge in [-0.25, -0.2) is 4.79 Å². The van der Waals surface area contributed by atoms with E-state index < -0.39 is 11.6 Å². The molecule has 0 amide bonds. The van der Waals surface area contributed by atoms with Crippen molar-refractivity contribution in [3.05, 3.63) is 70.8 Å². The highest BCUT2D eigenvalue weighted by Crippen LogP contribution is 2.36. The van der Waals surface area contributed by atoms with Crippen molar-refractivity contribution in [1.82, 2.24) is 0 Å². The molecule has 0 radical (unpaired) electrons. The fourth-order valence-corrected chi connectivity index (χ4v) is 2.45. The third-order valence-electron chi connectivity index (χ3n) is 3.68. The van der Waals surface area contributed by atoms with Gasteiger partial charge < -0.3 is 9.57 Å². The largest absolute Gasteiger partial charge is 0.462 e. The molecule has 0 saturated carbocycles. The normalized spacial score (nSPS) is 10.9. The first-order valence-corrected chi connectivity index (χ1v) is 7.50. The summed E-state index contributed by atoms with van der Waals surface area (Å²) in [7, 11) is 0. The van der Waals surface area contributed by atoms with Crippen molar-refractivity contribution in [3.63, 3.8) is 0 Å². The second kappa shape index (κ2) is 7.09. The number of esters is 1. The number of aryl methyl sites for hydroxylation is 2. The van der Waals surface area contributed by atoms with Gasteiger partial charge in [0.2, 0.25) is 0 Å². The Labute approximate surface area is 136 Å². The molecular formula is C19H21NO3. The SMILES string of the molecule is C=NOC(C(=O)OCC)(c1ccc(C)cc1)c1ccc(C)cc1. The molecule has 0 spiro atoms. The van der Waals surface area contributed by atoms with Crippen LogP contribution >= 0.6 is 0 Å². The summed E-state index contributed by atoms with van der Waals surface area (Å²) in [4.78, 5) is 18.3. The molecule has 0 atom stereocenters. The van der Waals surface area contributed by atoms with Crippen LogP contribution in [0.3, 0.4) is 0 Å². The molecule has 120 valence electrons. The molecule has 4 heteroatoms. The Bertz CT molecular complexity index is 629. The third kappa shape index (κ3) is 3.26. The molecule has 0 bridgehead atoms. The Hall–Kier alpha value is -2.62. The summed E-state index contributed by atoms with van der Waals surface area (Å²) < 4.78 is 5.28. The summed E-state index contributed by atoms with van der Waals surface area (Å²) in [5.41, 5.74) is 2.01. The van der Waals surface area contributed by atoms with Crippen LogP contribution in [0.5, 0.6) is 0 Å². The number of oxime groups is 1. The smallest absolute Gasteiger partial charge is 0.363 e. The Morgan fingerprint density at radius 1 is 1.00 bits per heavy atom. The molecule has 0 unspecified atom stereocenters. The second-order valence-corrected chi connectivity index (χ2v) is 5.35. The van der Waals surface area contributed by atoms with Gasteiger partial charge in [0.1, 0.15) is 0 Å². The molecule has 2 rings (SSSR count). The molecule has 0 aliphatic heterocycles. The molecular weight excluding hydrogens is 290 g/mol. The topological polar surface area (TPSA) is 47.9 Å². The van der Waals surface area contributed by atoms with Gasteiger partial charge in [-0.05, 0) is 20.8 Å². The van der Waals surface area contributed by atoms with E-state index in [4.69, 9.17) is 9.57 Å². The minimum Gasteiger partial charge on any atom is -0.462 e. The van der Waals surface area contributed by atoms with Crippen molar-refractivity contribution in [2.45, 2.75) is 26.4 Å². The van der Waals surface area contributed by atoms with Crippen LogP contribution < -0.4 is 0 Å². The van der Waals surface area contributed by atoms with Gasteiger partial charge in [-0.2, -0.15) is 0 Å². The maximum absolute atomic E-state index is 12.8. The molecule has 0 aromatic heterocycles. The van der Waals surface area contributed by atoms with Crippen LogP contribution in [0.2, 0.25) is 0 Å². The van der Waals surface area contributed by atoms with Crippen LogP contribution in [-0.2, 0) is 20.0 Å². The average Bonchev–Trinajstić information content (AvgIpc) is 2.54. The summed E-state index contributed by atoms with van der Waals surface area (Å²) >= 11 is 0. The van der Waals surface area contributed by atoms with Crippen molar-refractivity contribution in [1.29, 1.82) is 0 Å². The minimum atomic E-state index is -1.46. The molecule has 2 aromatic carbocycles. The highest BCUT2D eigenvalue weighted by atomic mass is 16.7. The number of ether oxygens (including phenoxy) is 1. The fourth-order valence-electron chi connectivity index (χ4n) is 2.45. The number of nitrogens with zero attached hydrogens (tertiary/aromatic N) is 1. The van der Waals surface area contributed by atoms with Crippen molar-refractivity contribution >= 4 is 12.7 Å². The van der Waals surface area contributed by atoms with Crippen LogP contribution in [0.4, 0.5) is 0 Å². The van der Waals surface area contributed by atoms with Crippen LogP contribution in [0, 0.1) is 13.8 Å². The fraction of sp³-hybridized carbons (Fsp3) is 0.263. The zero-order chi connectivity index (χ0) is 16.9. The van der Waals surface area contributed by atoms with Crippen LogP contribution in [0.25, 0.3) is 0 Å². The van der Waals surface area contributed by atoms with Crippen LogP contribution in [0.15, 0.2) is 53.7 Å². The first-order valence-electron chi connectivity index (χ1n) is 7.50. The summed E-state index contributed by atoms with van der Waals surface area (Å²) in [6.45, 7) is 9.36. The van der Waals surface area contributed by atoms with E-state index >= 15 is 0 Å². The van der Waals surface area contributed by atoms with E-state index in [2.05, 4.69) is 11.9 Å². The minimum absolute atomic E-state index is 0.249. The maximum Gasteiger partial charge on any atom is 0.363 e. The van der Waals surface area contributed by atoms with E-state index in [0.29, 0.717) is 11.1 Å². The van der Waals surface area contributed by atoms with Gasteiger partial charge in [0, 0.05) is 17.8 Å². The second-order valence-electron chi connectivity index (χ2n) is 5.35. The van der Waals surface area contributed by atoms with Gasteiger partial charge in [-0.15, -0.1) is 5.16 Å². The number of benzene rings is 2. The lowest BCUT2D eigenvalue weighted by atomic mass is 9.85. The summed E-state index contributed by atoms with van der Waals surface area (Å²) in [6, 6.07) is 15.1. The number of carbonyl (C=O) groups excluding carboxylic acids is 1. The molecule has 0 heterocycles. The number of hydrogen-bond donors (Lipinski definition) is 0. The number of carbonyl (C=O) groups is 1. The third-order valence-corrected chi connectivity index (χ3v) is 3.68. The lowest BCUT2D eigenvalue weighted by Crippen LogP contribution is -2.40. The van der Waals surface area contributed by atoms with Crippen molar-refractivity contribution in [3.8, 4) is 0 Å². The zero-order valence-electron chi connectivity index (χ0n) is 13.7. The first-order chi connectivity index (χ1) is 11.0. The van der Waals surface area contributed by atoms with Gasteiger partial charge in [-0.3, -0.25) is 0 Å². The van der Waals surface area contributed by atoms with Gasteiger partial charge >= 0.3 is 5.97 Å². The lowest BCUT2D eigenvalue weighted by Gasteiger charge is -2.30. The quantitative estimate of drug-likeness (QED) is 0.464. The summed E-state index contributed by atoms with van der Waals surface area (Å²) in [5, 5.41) is 3.56. The highest BCUT2D eigenvalue weighted by molar-refractivity contribution is 5.86. The summed E-state index contributed by atoms with van der Waals surface area (Å²) in [5.74, 6) is -0.514. The molecule has 23 heavy (non-hydrogen) atoms. The predicted octanol–water partition coefficient (Wildman–Crippen LogP) is 3.74. The van der Waals surface area contributed by atoms with E-state index in [1.165, 1.54) is 0 Å². The van der Waals surface area contributed by atoms with Crippen LogP contribution in [0.1, 0.15) is 29.2 Å². The van der Waals surface area contributed by atoms with Gasteiger partial charge in [0.15, 0.2) is 0 Å². The van der Waals surface area contributed by atoms with E-state index in [1.54, 1.807) is 6.92 Å².